The van der Waals surface area contributed by atoms with Crippen molar-refractivity contribution >= 4 is 41.6 Å². The lowest BCUT2D eigenvalue weighted by atomic mass is 10.1. The van der Waals surface area contributed by atoms with Crippen LogP contribution >= 0.6 is 24.0 Å². The summed E-state index contributed by atoms with van der Waals surface area (Å²) < 4.78 is 10.4. The number of hydrogen-bond acceptors (Lipinski definition) is 6. The molecule has 0 aliphatic heterocycles. The van der Waals surface area contributed by atoms with Gasteiger partial charge in [-0.25, -0.2) is 9.78 Å². The number of anilines is 1. The van der Waals surface area contributed by atoms with Crippen LogP contribution in [-0.4, -0.2) is 41.7 Å². The molecule has 9 heteroatoms. The number of halogens is 2. The second-order valence-corrected chi connectivity index (χ2v) is 6.44. The number of methoxy groups -OCH3 is 1. The van der Waals surface area contributed by atoms with E-state index in [4.69, 9.17) is 26.8 Å². The molecule has 0 fully saturated rings. The van der Waals surface area contributed by atoms with Crippen LogP contribution in [0.2, 0.25) is 5.02 Å². The summed E-state index contributed by atoms with van der Waals surface area (Å²) in [7, 11) is 1.24. The van der Waals surface area contributed by atoms with E-state index < -0.39 is 29.6 Å². The lowest BCUT2D eigenvalue weighted by Gasteiger charge is -2.29. The average molecular weight is 380 g/mol. The van der Waals surface area contributed by atoms with E-state index in [0.717, 1.165) is 0 Å². The summed E-state index contributed by atoms with van der Waals surface area (Å²) in [6.45, 7) is 7.21. The molecule has 0 aliphatic rings. The first-order valence-corrected chi connectivity index (χ1v) is 7.40. The monoisotopic (exact) mass is 379 g/mol. The first-order valence-electron chi connectivity index (χ1n) is 7.02. The van der Waals surface area contributed by atoms with Gasteiger partial charge in [-0.1, -0.05) is 11.6 Å². The van der Waals surface area contributed by atoms with Crippen molar-refractivity contribution in [2.75, 3.05) is 12.8 Å². The van der Waals surface area contributed by atoms with Crippen LogP contribution in [0.4, 0.5) is 5.69 Å². The second kappa shape index (κ2) is 9.05. The third-order valence-corrected chi connectivity index (χ3v) is 3.06. The third-order valence-electron chi connectivity index (χ3n) is 2.85. The van der Waals surface area contributed by atoms with Crippen molar-refractivity contribution in [1.82, 2.24) is 10.3 Å². The van der Waals surface area contributed by atoms with Crippen molar-refractivity contribution in [2.24, 2.45) is 0 Å². The Hall–Kier alpha value is -1.57. The van der Waals surface area contributed by atoms with E-state index in [1.165, 1.54) is 19.4 Å². The van der Waals surface area contributed by atoms with Crippen LogP contribution in [0.25, 0.3) is 0 Å². The summed E-state index contributed by atoms with van der Waals surface area (Å²) in [5.74, 6) is -1.23. The molecule has 0 unspecified atom stereocenters. The molecule has 1 rings (SSSR count). The van der Waals surface area contributed by atoms with Crippen LogP contribution < -0.4 is 11.1 Å². The minimum atomic E-state index is -0.997. The molecule has 0 bridgehead atoms. The zero-order valence-corrected chi connectivity index (χ0v) is 15.8. The van der Waals surface area contributed by atoms with Gasteiger partial charge in [0.1, 0.15) is 0 Å². The minimum absolute atomic E-state index is 0. The Balaban J connectivity index is 0.00000529. The van der Waals surface area contributed by atoms with Crippen molar-refractivity contribution in [3.8, 4) is 0 Å². The molecule has 0 spiro atoms. The molecule has 136 valence electrons. The number of aromatic nitrogens is 1. The Morgan fingerprint density at radius 3 is 2.42 bits per heavy atom. The Kier molecular flexibility index (Phi) is 8.46. The number of esters is 1. The standard InChI is InChI=1S/C15H22ClN3O4.ClH/c1-8(23-15(2,3)4)11(14(21)22-5)19-13(20)12-10(17)6-9(16)7-18-12;/h6-8,11H,17H2,1-5H3,(H,19,20);1H/t8-,11+;/m1./s1. The summed E-state index contributed by atoms with van der Waals surface area (Å²) in [5.41, 5.74) is 5.33. The van der Waals surface area contributed by atoms with Gasteiger partial charge in [0.05, 0.1) is 29.5 Å². The smallest absolute Gasteiger partial charge is 0.331 e. The number of nitrogens with zero attached hydrogens (tertiary/aromatic N) is 1. The van der Waals surface area contributed by atoms with Crippen LogP contribution in [0.15, 0.2) is 12.3 Å². The fourth-order valence-electron chi connectivity index (χ4n) is 1.97. The maximum atomic E-state index is 12.3. The average Bonchev–Trinajstić information content (AvgIpc) is 2.41. The SMILES string of the molecule is COC(=O)[C@@H](NC(=O)c1ncc(Cl)cc1N)[C@@H](C)OC(C)(C)C.Cl. The fraction of sp³-hybridized carbons (Fsp3) is 0.533. The number of nitrogen functional groups attached to an aromatic ring is 1. The molecule has 1 aromatic heterocycles. The number of nitrogens with one attached hydrogen (secondary N) is 1. The number of ether oxygens (including phenoxy) is 2. The Bertz CT molecular complexity index is 591. The molecular weight excluding hydrogens is 357 g/mol. The van der Waals surface area contributed by atoms with E-state index in [0.29, 0.717) is 5.02 Å². The first-order chi connectivity index (χ1) is 10.5. The van der Waals surface area contributed by atoms with Gasteiger partial charge in [-0.05, 0) is 33.8 Å². The molecule has 1 aromatic rings. The highest BCUT2D eigenvalue weighted by Gasteiger charge is 2.32. The van der Waals surface area contributed by atoms with E-state index in [9.17, 15) is 9.59 Å². The Labute approximate surface area is 152 Å². The molecule has 1 amide bonds. The Morgan fingerprint density at radius 1 is 1.38 bits per heavy atom. The molecule has 0 aromatic carbocycles. The van der Waals surface area contributed by atoms with Crippen molar-refractivity contribution in [2.45, 2.75) is 45.4 Å². The molecule has 0 aliphatic carbocycles. The number of rotatable bonds is 5. The predicted molar refractivity (Wildman–Crippen MR) is 94.5 cm³/mol. The zero-order valence-electron chi connectivity index (χ0n) is 14.3. The molecule has 0 saturated heterocycles. The van der Waals surface area contributed by atoms with Gasteiger partial charge in [-0.3, -0.25) is 4.79 Å². The molecule has 24 heavy (non-hydrogen) atoms. The summed E-state index contributed by atoms with van der Waals surface area (Å²) in [5, 5.41) is 2.86. The largest absolute Gasteiger partial charge is 0.467 e. The lowest BCUT2D eigenvalue weighted by molar-refractivity contribution is -0.150. The summed E-state index contributed by atoms with van der Waals surface area (Å²) >= 11 is 5.76. The number of hydrogen-bond donors (Lipinski definition) is 2. The van der Waals surface area contributed by atoms with Crippen molar-refractivity contribution in [3.05, 3.63) is 23.0 Å². The maximum absolute atomic E-state index is 12.3. The lowest BCUT2D eigenvalue weighted by Crippen LogP contribution is -2.51. The van der Waals surface area contributed by atoms with E-state index in [2.05, 4.69) is 10.3 Å². The molecule has 2 atom stereocenters. The fourth-order valence-corrected chi connectivity index (χ4v) is 2.14. The van der Waals surface area contributed by atoms with Gasteiger partial charge >= 0.3 is 5.97 Å². The molecular formula is C15H23Cl2N3O4. The van der Waals surface area contributed by atoms with E-state index in [1.54, 1.807) is 6.92 Å². The predicted octanol–water partition coefficient (Wildman–Crippen LogP) is 2.21. The minimum Gasteiger partial charge on any atom is -0.467 e. The number of nitrogens with two attached hydrogens (primary N) is 1. The van der Waals surface area contributed by atoms with E-state index in [1.807, 2.05) is 20.8 Å². The first kappa shape index (κ1) is 22.4. The van der Waals surface area contributed by atoms with Gasteiger partial charge in [0, 0.05) is 6.20 Å². The zero-order chi connectivity index (χ0) is 17.8. The molecule has 3 N–H and O–H groups in total. The topological polar surface area (TPSA) is 104 Å². The Morgan fingerprint density at radius 2 is 1.96 bits per heavy atom. The van der Waals surface area contributed by atoms with Crippen molar-refractivity contribution in [3.63, 3.8) is 0 Å². The number of pyridine rings is 1. The van der Waals surface area contributed by atoms with E-state index >= 15 is 0 Å². The van der Waals surface area contributed by atoms with Crippen LogP contribution in [0, 0.1) is 0 Å². The van der Waals surface area contributed by atoms with Crippen molar-refractivity contribution in [1.29, 1.82) is 0 Å². The van der Waals surface area contributed by atoms with Gasteiger partial charge in [0.2, 0.25) is 0 Å². The van der Waals surface area contributed by atoms with Gasteiger partial charge in [-0.15, -0.1) is 12.4 Å². The highest BCUT2D eigenvalue weighted by molar-refractivity contribution is 6.30. The van der Waals surface area contributed by atoms with Gasteiger partial charge in [0.15, 0.2) is 11.7 Å². The van der Waals surface area contributed by atoms with Gasteiger partial charge in [0.25, 0.3) is 5.91 Å². The quantitative estimate of drug-likeness (QED) is 0.760. The van der Waals surface area contributed by atoms with Gasteiger partial charge in [-0.2, -0.15) is 0 Å². The van der Waals surface area contributed by atoms with Crippen LogP contribution in [0.5, 0.6) is 0 Å². The maximum Gasteiger partial charge on any atom is 0.331 e. The summed E-state index contributed by atoms with van der Waals surface area (Å²) in [6.07, 6.45) is 0.689. The number of carbonyl (C=O) groups is 2. The highest BCUT2D eigenvalue weighted by atomic mass is 35.5. The van der Waals surface area contributed by atoms with Gasteiger partial charge < -0.3 is 20.5 Å². The molecule has 0 saturated carbocycles. The summed E-state index contributed by atoms with van der Waals surface area (Å²) in [6, 6.07) is 0.412. The molecule has 7 nitrogen and oxygen atoms in total. The van der Waals surface area contributed by atoms with Crippen LogP contribution in [0.3, 0.4) is 0 Å². The normalized spacial score (nSPS) is 13.4. The summed E-state index contributed by atoms with van der Waals surface area (Å²) in [4.78, 5) is 28.2. The number of amides is 1. The number of carbonyl (C=O) groups excluding carboxylic acids is 2. The van der Waals surface area contributed by atoms with E-state index in [-0.39, 0.29) is 23.8 Å². The molecule has 1 heterocycles. The molecule has 0 radical (unpaired) electrons. The third kappa shape index (κ3) is 6.51. The highest BCUT2D eigenvalue weighted by Crippen LogP contribution is 2.17. The second-order valence-electron chi connectivity index (χ2n) is 6.00. The van der Waals surface area contributed by atoms with Crippen LogP contribution in [0.1, 0.15) is 38.2 Å². The van der Waals surface area contributed by atoms with Crippen molar-refractivity contribution < 1.29 is 19.1 Å². The van der Waals surface area contributed by atoms with Crippen LogP contribution in [-0.2, 0) is 14.3 Å².